The van der Waals surface area contributed by atoms with Crippen molar-refractivity contribution in [1.82, 2.24) is 10.3 Å². The summed E-state index contributed by atoms with van der Waals surface area (Å²) in [4.78, 5) is 16.8. The van der Waals surface area contributed by atoms with Gasteiger partial charge in [-0.05, 0) is 67.6 Å². The summed E-state index contributed by atoms with van der Waals surface area (Å²) in [6.07, 6.45) is 4.06. The molecule has 1 atom stereocenters. The number of amides is 1. The van der Waals surface area contributed by atoms with Crippen LogP contribution >= 0.6 is 0 Å². The fourth-order valence-electron chi connectivity index (χ4n) is 4.35. The Labute approximate surface area is 171 Å². The van der Waals surface area contributed by atoms with E-state index in [0.29, 0.717) is 6.54 Å². The first-order chi connectivity index (χ1) is 14.1. The van der Waals surface area contributed by atoms with Crippen LogP contribution in [-0.2, 0) is 11.2 Å². The first-order valence-corrected chi connectivity index (χ1v) is 10.5. The minimum atomic E-state index is -0.000603. The van der Waals surface area contributed by atoms with E-state index < -0.39 is 0 Å². The Bertz CT molecular complexity index is 1100. The van der Waals surface area contributed by atoms with Crippen LogP contribution in [0, 0.1) is 19.8 Å². The second-order valence-electron chi connectivity index (χ2n) is 8.48. The van der Waals surface area contributed by atoms with Gasteiger partial charge in [0.15, 0.2) is 0 Å². The summed E-state index contributed by atoms with van der Waals surface area (Å²) < 4.78 is 6.33. The molecule has 0 spiro atoms. The molecule has 3 aromatic rings. The summed E-state index contributed by atoms with van der Waals surface area (Å²) in [5.41, 5.74) is 6.75. The molecule has 1 unspecified atom stereocenters. The van der Waals surface area contributed by atoms with Gasteiger partial charge >= 0.3 is 0 Å². The van der Waals surface area contributed by atoms with Crippen molar-refractivity contribution >= 4 is 16.8 Å². The van der Waals surface area contributed by atoms with Crippen molar-refractivity contribution in [2.45, 2.75) is 45.6 Å². The molecule has 1 aliphatic carbocycles. The summed E-state index contributed by atoms with van der Waals surface area (Å²) in [7, 11) is 0. The minimum absolute atomic E-state index is 0.000603. The van der Waals surface area contributed by atoms with Gasteiger partial charge in [-0.1, -0.05) is 24.6 Å². The van der Waals surface area contributed by atoms with E-state index in [1.54, 1.807) is 0 Å². The average Bonchev–Trinajstić information content (AvgIpc) is 3.06. The van der Waals surface area contributed by atoms with Crippen molar-refractivity contribution in [3.63, 3.8) is 0 Å². The van der Waals surface area contributed by atoms with E-state index in [2.05, 4.69) is 53.6 Å². The molecular weight excluding hydrogens is 360 g/mol. The van der Waals surface area contributed by atoms with Gasteiger partial charge in [0.05, 0.1) is 12.1 Å². The van der Waals surface area contributed by atoms with Crippen LogP contribution < -0.4 is 10.1 Å². The summed E-state index contributed by atoms with van der Waals surface area (Å²) in [6, 6.07) is 15.0. The molecule has 2 aromatic carbocycles. The minimum Gasteiger partial charge on any atom is -0.487 e. The van der Waals surface area contributed by atoms with Crippen molar-refractivity contribution < 1.29 is 9.53 Å². The topological polar surface area (TPSA) is 51.2 Å². The number of nitrogens with one attached hydrogen (secondary N) is 1. The zero-order valence-corrected chi connectivity index (χ0v) is 17.0. The van der Waals surface area contributed by atoms with Gasteiger partial charge in [0, 0.05) is 29.0 Å². The van der Waals surface area contributed by atoms with Gasteiger partial charge in [0.1, 0.15) is 11.9 Å². The molecule has 1 fully saturated rings. The fourth-order valence-corrected chi connectivity index (χ4v) is 4.35. The zero-order valence-electron chi connectivity index (χ0n) is 17.0. The monoisotopic (exact) mass is 386 g/mol. The lowest BCUT2D eigenvalue weighted by Gasteiger charge is -2.24. The van der Waals surface area contributed by atoms with Gasteiger partial charge in [-0.2, -0.15) is 0 Å². The number of ether oxygens (including phenoxy) is 1. The third-order valence-corrected chi connectivity index (χ3v) is 6.16. The summed E-state index contributed by atoms with van der Waals surface area (Å²) in [5.74, 6) is 1.36. The molecule has 29 heavy (non-hydrogen) atoms. The number of pyridine rings is 1. The van der Waals surface area contributed by atoms with Gasteiger partial charge < -0.3 is 10.1 Å². The predicted molar refractivity (Wildman–Crippen MR) is 115 cm³/mol. The van der Waals surface area contributed by atoms with Gasteiger partial charge in [0.25, 0.3) is 0 Å². The lowest BCUT2D eigenvalue weighted by Crippen LogP contribution is -2.40. The number of aryl methyl sites for hydroxylation is 2. The Hall–Kier alpha value is -2.88. The Morgan fingerprint density at radius 1 is 1.14 bits per heavy atom. The highest BCUT2D eigenvalue weighted by Gasteiger charge is 2.29. The lowest BCUT2D eigenvalue weighted by molar-refractivity contribution is -0.127. The third-order valence-electron chi connectivity index (χ3n) is 6.16. The number of benzene rings is 2. The lowest BCUT2D eigenvalue weighted by atomic mass is 9.85. The van der Waals surface area contributed by atoms with Crippen molar-refractivity contribution in [2.75, 3.05) is 6.54 Å². The Kier molecular flexibility index (Phi) is 4.50. The van der Waals surface area contributed by atoms with Gasteiger partial charge in [-0.3, -0.25) is 9.78 Å². The molecule has 1 amide bonds. The Balaban J connectivity index is 1.40. The molecule has 0 bridgehead atoms. The standard InChI is InChI=1S/C25H26N2O2/c1-15-10-20-13-21(14-26-25(28)17-4-3-5-17)29-24(20)22(11-15)18-8-9-23-19(12-18)7-6-16(2)27-23/h6-12,17,21H,3-5,13-14H2,1-2H3,(H,26,28). The molecule has 1 aliphatic heterocycles. The van der Waals surface area contributed by atoms with E-state index >= 15 is 0 Å². The molecule has 0 saturated heterocycles. The molecular formula is C25H26N2O2. The van der Waals surface area contributed by atoms with E-state index in [1.807, 2.05) is 13.0 Å². The van der Waals surface area contributed by atoms with Gasteiger partial charge in [0.2, 0.25) is 5.91 Å². The van der Waals surface area contributed by atoms with Crippen molar-refractivity contribution in [3.05, 3.63) is 59.3 Å². The maximum absolute atomic E-state index is 12.2. The molecule has 2 aliphatic rings. The fraction of sp³-hybridized carbons (Fsp3) is 0.360. The highest BCUT2D eigenvalue weighted by atomic mass is 16.5. The van der Waals surface area contributed by atoms with Gasteiger partial charge in [-0.25, -0.2) is 0 Å². The number of carbonyl (C=O) groups excluding carboxylic acids is 1. The van der Waals surface area contributed by atoms with E-state index in [9.17, 15) is 4.79 Å². The number of hydrogen-bond acceptors (Lipinski definition) is 3. The maximum Gasteiger partial charge on any atom is 0.223 e. The van der Waals surface area contributed by atoms with Crippen LogP contribution in [0.25, 0.3) is 22.0 Å². The van der Waals surface area contributed by atoms with Crippen LogP contribution in [-0.4, -0.2) is 23.5 Å². The first-order valence-electron chi connectivity index (χ1n) is 10.5. The highest BCUT2D eigenvalue weighted by molar-refractivity contribution is 5.86. The number of aromatic nitrogens is 1. The molecule has 4 heteroatoms. The van der Waals surface area contributed by atoms with Gasteiger partial charge in [-0.15, -0.1) is 0 Å². The van der Waals surface area contributed by atoms with E-state index in [4.69, 9.17) is 4.74 Å². The van der Waals surface area contributed by atoms with E-state index in [-0.39, 0.29) is 17.9 Å². The zero-order chi connectivity index (χ0) is 20.0. The largest absolute Gasteiger partial charge is 0.487 e. The van der Waals surface area contributed by atoms with Crippen molar-refractivity contribution in [2.24, 2.45) is 5.92 Å². The number of hydrogen-bond donors (Lipinski definition) is 1. The summed E-state index contributed by atoms with van der Waals surface area (Å²) in [5, 5.41) is 4.22. The smallest absolute Gasteiger partial charge is 0.223 e. The maximum atomic E-state index is 12.2. The summed E-state index contributed by atoms with van der Waals surface area (Å²) >= 11 is 0. The SMILES string of the molecule is Cc1cc2c(c(-c3ccc4nc(C)ccc4c3)c1)OC(CNC(=O)C1CCC1)C2. The number of carbonyl (C=O) groups is 1. The quantitative estimate of drug-likeness (QED) is 0.705. The highest BCUT2D eigenvalue weighted by Crippen LogP contribution is 2.40. The van der Waals surface area contributed by atoms with E-state index in [0.717, 1.165) is 52.7 Å². The van der Waals surface area contributed by atoms with Crippen LogP contribution in [0.15, 0.2) is 42.5 Å². The van der Waals surface area contributed by atoms with Crippen LogP contribution in [0.1, 0.15) is 36.1 Å². The summed E-state index contributed by atoms with van der Waals surface area (Å²) in [6.45, 7) is 4.71. The molecule has 0 radical (unpaired) electrons. The second kappa shape index (κ2) is 7.18. The number of nitrogens with zero attached hydrogens (tertiary/aromatic N) is 1. The van der Waals surface area contributed by atoms with Crippen LogP contribution in [0.5, 0.6) is 5.75 Å². The molecule has 4 nitrogen and oxygen atoms in total. The second-order valence-corrected chi connectivity index (χ2v) is 8.48. The number of rotatable bonds is 4. The normalized spacial score (nSPS) is 18.2. The van der Waals surface area contributed by atoms with E-state index in [1.165, 1.54) is 17.5 Å². The third kappa shape index (κ3) is 3.48. The molecule has 1 N–H and O–H groups in total. The molecule has 1 aromatic heterocycles. The molecule has 2 heterocycles. The molecule has 148 valence electrons. The van der Waals surface area contributed by atoms with Crippen LogP contribution in [0.3, 0.4) is 0 Å². The van der Waals surface area contributed by atoms with Crippen molar-refractivity contribution in [1.29, 1.82) is 0 Å². The predicted octanol–water partition coefficient (Wildman–Crippen LogP) is 4.74. The Morgan fingerprint density at radius 3 is 2.79 bits per heavy atom. The first kappa shape index (κ1) is 18.2. The Morgan fingerprint density at radius 2 is 2.00 bits per heavy atom. The number of fused-ring (bicyclic) bond motifs is 2. The van der Waals surface area contributed by atoms with Crippen LogP contribution in [0.2, 0.25) is 0 Å². The molecule has 1 saturated carbocycles. The molecule has 5 rings (SSSR count). The van der Waals surface area contributed by atoms with Crippen molar-refractivity contribution in [3.8, 4) is 16.9 Å². The van der Waals surface area contributed by atoms with Crippen LogP contribution in [0.4, 0.5) is 0 Å². The average molecular weight is 386 g/mol.